The van der Waals surface area contributed by atoms with Crippen molar-refractivity contribution in [3.63, 3.8) is 0 Å². The third kappa shape index (κ3) is 3.35. The van der Waals surface area contributed by atoms with Gasteiger partial charge in [-0.2, -0.15) is 5.26 Å². The van der Waals surface area contributed by atoms with Crippen LogP contribution >= 0.6 is 0 Å². The Kier molecular flexibility index (Phi) is 5.55. The molecule has 1 fully saturated rings. The number of nitrogens with zero attached hydrogens (tertiary/aromatic N) is 2. The fraction of sp³-hybridized carbons (Fsp3) is 0.269. The highest BCUT2D eigenvalue weighted by molar-refractivity contribution is 5.49. The molecule has 0 radical (unpaired) electrons. The first-order valence-corrected chi connectivity index (χ1v) is 10.1. The first-order valence-electron chi connectivity index (χ1n) is 10.1. The lowest BCUT2D eigenvalue weighted by atomic mass is 9.74. The summed E-state index contributed by atoms with van der Waals surface area (Å²) in [5.74, 6) is 0.515. The number of hydrogen-bond acceptors (Lipinski definition) is 2. The van der Waals surface area contributed by atoms with Crippen molar-refractivity contribution in [3.05, 3.63) is 108 Å². The number of rotatable bonds is 5. The van der Waals surface area contributed by atoms with Crippen molar-refractivity contribution in [2.75, 3.05) is 13.1 Å². The zero-order valence-electron chi connectivity index (χ0n) is 16.2. The van der Waals surface area contributed by atoms with E-state index in [1.165, 1.54) is 16.7 Å². The molecular formula is C26H26N2. The van der Waals surface area contributed by atoms with Crippen LogP contribution in [0.1, 0.15) is 36.0 Å². The molecular weight excluding hydrogens is 340 g/mol. The van der Waals surface area contributed by atoms with Crippen LogP contribution in [0.5, 0.6) is 0 Å². The van der Waals surface area contributed by atoms with Gasteiger partial charge in [0.1, 0.15) is 0 Å². The normalized spacial score (nSPS) is 15.8. The Hall–Kier alpha value is -2.89. The van der Waals surface area contributed by atoms with Crippen LogP contribution in [0, 0.1) is 17.2 Å². The maximum absolute atomic E-state index is 9.11. The van der Waals surface area contributed by atoms with Gasteiger partial charge in [-0.3, -0.25) is 4.90 Å². The van der Waals surface area contributed by atoms with Crippen molar-refractivity contribution >= 4 is 0 Å². The Balaban J connectivity index is 1.89. The molecule has 0 unspecified atom stereocenters. The monoisotopic (exact) mass is 366 g/mol. The summed E-state index contributed by atoms with van der Waals surface area (Å²) in [4.78, 5) is 2.63. The van der Waals surface area contributed by atoms with Gasteiger partial charge in [0.05, 0.1) is 11.6 Å². The SMILES string of the molecule is N#CCC1CCN(C(c2ccccc2)(c2ccccc2)c2ccccc2)CC1. The van der Waals surface area contributed by atoms with Crippen molar-refractivity contribution in [1.29, 1.82) is 5.26 Å². The van der Waals surface area contributed by atoms with Gasteiger partial charge in [-0.15, -0.1) is 0 Å². The summed E-state index contributed by atoms with van der Waals surface area (Å²) in [7, 11) is 0. The molecule has 2 nitrogen and oxygen atoms in total. The molecule has 3 aromatic carbocycles. The number of benzene rings is 3. The van der Waals surface area contributed by atoms with Gasteiger partial charge in [-0.25, -0.2) is 0 Å². The first-order chi connectivity index (χ1) is 13.9. The molecule has 4 rings (SSSR count). The van der Waals surface area contributed by atoms with Crippen LogP contribution in [0.2, 0.25) is 0 Å². The topological polar surface area (TPSA) is 27.0 Å². The molecule has 2 heteroatoms. The number of likely N-dealkylation sites (tertiary alicyclic amines) is 1. The van der Waals surface area contributed by atoms with Crippen molar-refractivity contribution in [1.82, 2.24) is 4.90 Å². The molecule has 0 amide bonds. The van der Waals surface area contributed by atoms with Crippen LogP contribution in [0.4, 0.5) is 0 Å². The Morgan fingerprint density at radius 3 is 1.46 bits per heavy atom. The number of nitriles is 1. The number of hydrogen-bond donors (Lipinski definition) is 0. The number of piperidine rings is 1. The van der Waals surface area contributed by atoms with Crippen molar-refractivity contribution in [2.24, 2.45) is 5.92 Å². The molecule has 1 aliphatic heterocycles. The lowest BCUT2D eigenvalue weighted by Crippen LogP contribution is -2.51. The van der Waals surface area contributed by atoms with E-state index < -0.39 is 0 Å². The lowest BCUT2D eigenvalue weighted by Gasteiger charge is -2.48. The quantitative estimate of drug-likeness (QED) is 0.549. The van der Waals surface area contributed by atoms with E-state index in [0.717, 1.165) is 25.9 Å². The smallest absolute Gasteiger partial charge is 0.0972 e. The molecule has 28 heavy (non-hydrogen) atoms. The zero-order valence-corrected chi connectivity index (χ0v) is 16.2. The average molecular weight is 367 g/mol. The minimum atomic E-state index is -0.318. The van der Waals surface area contributed by atoms with E-state index in [9.17, 15) is 0 Å². The highest BCUT2D eigenvalue weighted by Crippen LogP contribution is 2.44. The van der Waals surface area contributed by atoms with E-state index in [1.54, 1.807) is 0 Å². The van der Waals surface area contributed by atoms with E-state index >= 15 is 0 Å². The highest BCUT2D eigenvalue weighted by Gasteiger charge is 2.43. The lowest BCUT2D eigenvalue weighted by molar-refractivity contribution is 0.103. The fourth-order valence-electron chi connectivity index (χ4n) is 4.69. The van der Waals surface area contributed by atoms with Gasteiger partial charge in [0.25, 0.3) is 0 Å². The standard InChI is InChI=1S/C26H26N2/c27-19-16-22-17-20-28(21-18-22)26(23-10-4-1-5-11-23,24-12-6-2-7-13-24)25-14-8-3-9-15-25/h1-15,22H,16-18,20-21H2. The maximum Gasteiger partial charge on any atom is 0.0972 e. The Bertz CT molecular complexity index is 808. The van der Waals surface area contributed by atoms with Crippen molar-refractivity contribution in [2.45, 2.75) is 24.8 Å². The maximum atomic E-state index is 9.11. The predicted molar refractivity (Wildman–Crippen MR) is 114 cm³/mol. The summed E-state index contributed by atoms with van der Waals surface area (Å²) in [6.45, 7) is 1.98. The first kappa shape index (κ1) is 18.5. The molecule has 1 saturated heterocycles. The van der Waals surface area contributed by atoms with Gasteiger partial charge in [0.15, 0.2) is 0 Å². The summed E-state index contributed by atoms with van der Waals surface area (Å²) in [6, 6.07) is 35.0. The fourth-order valence-corrected chi connectivity index (χ4v) is 4.69. The molecule has 140 valence electrons. The Labute approximate surface area is 168 Å². The molecule has 0 N–H and O–H groups in total. The molecule has 0 aliphatic carbocycles. The van der Waals surface area contributed by atoms with Gasteiger partial charge < -0.3 is 0 Å². The third-order valence-corrected chi connectivity index (χ3v) is 6.04. The molecule has 0 bridgehead atoms. The molecule has 3 aromatic rings. The van der Waals surface area contributed by atoms with E-state index in [0.29, 0.717) is 12.3 Å². The summed E-state index contributed by atoms with van der Waals surface area (Å²) in [6.07, 6.45) is 2.81. The van der Waals surface area contributed by atoms with E-state index in [1.807, 2.05) is 0 Å². The second kappa shape index (κ2) is 8.42. The van der Waals surface area contributed by atoms with Crippen molar-refractivity contribution < 1.29 is 0 Å². The van der Waals surface area contributed by atoms with Crippen LogP contribution in [-0.4, -0.2) is 18.0 Å². The van der Waals surface area contributed by atoms with Gasteiger partial charge >= 0.3 is 0 Å². The molecule has 1 heterocycles. The largest absolute Gasteiger partial charge is 0.286 e. The van der Waals surface area contributed by atoms with Crippen LogP contribution in [0.15, 0.2) is 91.0 Å². The molecule has 0 saturated carbocycles. The second-order valence-electron chi connectivity index (χ2n) is 7.60. The highest BCUT2D eigenvalue weighted by atomic mass is 15.2. The molecule has 0 atom stereocenters. The van der Waals surface area contributed by atoms with Crippen LogP contribution in [-0.2, 0) is 5.54 Å². The van der Waals surface area contributed by atoms with Gasteiger partial charge in [-0.05, 0) is 48.5 Å². The van der Waals surface area contributed by atoms with Gasteiger partial charge in [0, 0.05) is 6.42 Å². The average Bonchev–Trinajstić information content (AvgIpc) is 2.78. The van der Waals surface area contributed by atoms with E-state index in [2.05, 4.69) is 102 Å². The van der Waals surface area contributed by atoms with Crippen LogP contribution < -0.4 is 0 Å². The molecule has 0 spiro atoms. The third-order valence-electron chi connectivity index (χ3n) is 6.04. The Morgan fingerprint density at radius 2 is 1.11 bits per heavy atom. The van der Waals surface area contributed by atoms with Crippen LogP contribution in [0.25, 0.3) is 0 Å². The molecule has 1 aliphatic rings. The second-order valence-corrected chi connectivity index (χ2v) is 7.60. The summed E-state index contributed by atoms with van der Waals surface area (Å²) in [5.41, 5.74) is 3.57. The summed E-state index contributed by atoms with van der Waals surface area (Å²) >= 11 is 0. The van der Waals surface area contributed by atoms with E-state index in [4.69, 9.17) is 5.26 Å². The van der Waals surface area contributed by atoms with Gasteiger partial charge in [-0.1, -0.05) is 91.0 Å². The molecule has 0 aromatic heterocycles. The minimum absolute atomic E-state index is 0.318. The predicted octanol–water partition coefficient (Wildman–Crippen LogP) is 5.60. The van der Waals surface area contributed by atoms with Crippen LogP contribution in [0.3, 0.4) is 0 Å². The summed E-state index contributed by atoms with van der Waals surface area (Å²) < 4.78 is 0. The minimum Gasteiger partial charge on any atom is -0.286 e. The van der Waals surface area contributed by atoms with Gasteiger partial charge in [0.2, 0.25) is 0 Å². The van der Waals surface area contributed by atoms with E-state index in [-0.39, 0.29) is 5.54 Å². The zero-order chi connectivity index (χ0) is 19.2. The summed E-state index contributed by atoms with van der Waals surface area (Å²) in [5, 5.41) is 9.11. The Morgan fingerprint density at radius 1 is 0.714 bits per heavy atom. The van der Waals surface area contributed by atoms with Crippen molar-refractivity contribution in [3.8, 4) is 6.07 Å².